The SMILES string of the molecule is CC(C)(C)c1ccc(/C=C2\CCn3c2nc2cc(C(F)(F)F)ccc2c3=O)cc1. The first-order valence-electron chi connectivity index (χ1n) is 9.47. The van der Waals surface area contributed by atoms with E-state index in [1.165, 1.54) is 11.6 Å². The molecule has 0 radical (unpaired) electrons. The van der Waals surface area contributed by atoms with Crippen molar-refractivity contribution in [1.82, 2.24) is 9.55 Å². The average Bonchev–Trinajstić information content (AvgIpc) is 3.03. The Kier molecular flexibility index (Phi) is 4.41. The smallest absolute Gasteiger partial charge is 0.292 e. The maximum Gasteiger partial charge on any atom is 0.416 e. The lowest BCUT2D eigenvalue weighted by atomic mass is 9.86. The molecule has 0 saturated heterocycles. The van der Waals surface area contributed by atoms with Gasteiger partial charge in [0.2, 0.25) is 0 Å². The molecule has 2 heterocycles. The van der Waals surface area contributed by atoms with E-state index in [-0.39, 0.29) is 21.9 Å². The van der Waals surface area contributed by atoms with E-state index in [0.29, 0.717) is 18.8 Å². The molecule has 0 bridgehead atoms. The standard InChI is InChI=1S/C23H21F3N2O/c1-22(2,3)16-6-4-14(5-7-16)12-15-10-11-28-20(15)27-19-13-17(23(24,25)26)8-9-18(19)21(28)29/h4-9,12-13H,10-11H2,1-3H3/b15-12+. The summed E-state index contributed by atoms with van der Waals surface area (Å²) in [4.78, 5) is 17.2. The molecule has 0 fully saturated rings. The molecule has 4 rings (SSSR count). The van der Waals surface area contributed by atoms with E-state index in [1.807, 2.05) is 18.2 Å². The van der Waals surface area contributed by atoms with E-state index in [0.717, 1.165) is 23.3 Å². The summed E-state index contributed by atoms with van der Waals surface area (Å²) in [5.41, 5.74) is 2.06. The molecule has 0 unspecified atom stereocenters. The number of fused-ring (bicyclic) bond motifs is 2. The molecule has 0 atom stereocenters. The van der Waals surface area contributed by atoms with Gasteiger partial charge < -0.3 is 0 Å². The molecule has 1 aromatic heterocycles. The lowest BCUT2D eigenvalue weighted by molar-refractivity contribution is -0.137. The second-order valence-corrected chi connectivity index (χ2v) is 8.41. The van der Waals surface area contributed by atoms with Crippen LogP contribution in [0.2, 0.25) is 0 Å². The average molecular weight is 398 g/mol. The van der Waals surface area contributed by atoms with Gasteiger partial charge in [0.15, 0.2) is 0 Å². The second kappa shape index (κ2) is 6.58. The molecule has 0 spiro atoms. The van der Waals surface area contributed by atoms with Crippen LogP contribution in [0.3, 0.4) is 0 Å². The van der Waals surface area contributed by atoms with Crippen molar-refractivity contribution >= 4 is 22.6 Å². The number of nitrogens with zero attached hydrogens (tertiary/aromatic N) is 2. The van der Waals surface area contributed by atoms with Crippen molar-refractivity contribution in [2.24, 2.45) is 0 Å². The van der Waals surface area contributed by atoms with Gasteiger partial charge in [-0.3, -0.25) is 9.36 Å². The highest BCUT2D eigenvalue weighted by atomic mass is 19.4. The Balaban J connectivity index is 1.79. The highest BCUT2D eigenvalue weighted by Crippen LogP contribution is 2.32. The minimum Gasteiger partial charge on any atom is -0.292 e. The van der Waals surface area contributed by atoms with Crippen LogP contribution in [0.25, 0.3) is 22.6 Å². The molecule has 150 valence electrons. The fraction of sp³-hybridized carbons (Fsp3) is 0.304. The summed E-state index contributed by atoms with van der Waals surface area (Å²) in [5, 5.41) is 0.206. The zero-order valence-corrected chi connectivity index (χ0v) is 16.5. The maximum absolute atomic E-state index is 13.0. The number of rotatable bonds is 1. The molecule has 1 aliphatic rings. The van der Waals surface area contributed by atoms with E-state index in [4.69, 9.17) is 0 Å². The lowest BCUT2D eigenvalue weighted by Crippen LogP contribution is -2.21. The van der Waals surface area contributed by atoms with Crippen molar-refractivity contribution in [2.75, 3.05) is 0 Å². The third kappa shape index (κ3) is 3.59. The Morgan fingerprint density at radius 3 is 2.28 bits per heavy atom. The van der Waals surface area contributed by atoms with Crippen LogP contribution in [-0.2, 0) is 18.1 Å². The Labute approximate surface area is 166 Å². The first-order chi connectivity index (χ1) is 13.5. The van der Waals surface area contributed by atoms with Gasteiger partial charge in [-0.15, -0.1) is 0 Å². The Morgan fingerprint density at radius 1 is 1.00 bits per heavy atom. The van der Waals surface area contributed by atoms with Gasteiger partial charge in [0, 0.05) is 6.54 Å². The van der Waals surface area contributed by atoms with Gasteiger partial charge in [0.1, 0.15) is 5.82 Å². The van der Waals surface area contributed by atoms with Crippen LogP contribution in [0, 0.1) is 0 Å². The van der Waals surface area contributed by atoms with Crippen LogP contribution in [-0.4, -0.2) is 9.55 Å². The van der Waals surface area contributed by atoms with Gasteiger partial charge in [-0.05, 0) is 52.8 Å². The predicted molar refractivity (Wildman–Crippen MR) is 109 cm³/mol. The molecular formula is C23H21F3N2O. The number of aromatic nitrogens is 2. The third-order valence-electron chi connectivity index (χ3n) is 5.29. The van der Waals surface area contributed by atoms with Crippen molar-refractivity contribution in [3.05, 3.63) is 75.3 Å². The normalized spacial score (nSPS) is 15.9. The van der Waals surface area contributed by atoms with Crippen LogP contribution < -0.4 is 5.56 Å². The quantitative estimate of drug-likeness (QED) is 0.530. The molecule has 0 N–H and O–H groups in total. The van der Waals surface area contributed by atoms with E-state index < -0.39 is 11.7 Å². The molecule has 3 aromatic rings. The van der Waals surface area contributed by atoms with Crippen LogP contribution in [0.1, 0.15) is 49.7 Å². The number of allylic oxidation sites excluding steroid dienone is 1. The number of hydrogen-bond acceptors (Lipinski definition) is 2. The van der Waals surface area contributed by atoms with Crippen molar-refractivity contribution in [3.8, 4) is 0 Å². The van der Waals surface area contributed by atoms with Crippen molar-refractivity contribution in [2.45, 2.75) is 45.3 Å². The van der Waals surface area contributed by atoms with Gasteiger partial charge in [0.25, 0.3) is 5.56 Å². The number of hydrogen-bond donors (Lipinski definition) is 0. The summed E-state index contributed by atoms with van der Waals surface area (Å²) in [6, 6.07) is 11.3. The predicted octanol–water partition coefficient (Wildman–Crippen LogP) is 5.66. The molecule has 2 aromatic carbocycles. The van der Waals surface area contributed by atoms with Gasteiger partial charge in [-0.1, -0.05) is 45.0 Å². The zero-order chi connectivity index (χ0) is 21.0. The van der Waals surface area contributed by atoms with Gasteiger partial charge >= 0.3 is 6.18 Å². The van der Waals surface area contributed by atoms with Crippen molar-refractivity contribution in [3.63, 3.8) is 0 Å². The molecule has 29 heavy (non-hydrogen) atoms. The van der Waals surface area contributed by atoms with Crippen molar-refractivity contribution < 1.29 is 13.2 Å². The molecular weight excluding hydrogens is 377 g/mol. The fourth-order valence-corrected chi connectivity index (χ4v) is 3.61. The molecule has 0 amide bonds. The molecule has 0 aliphatic carbocycles. The number of benzene rings is 2. The Morgan fingerprint density at radius 2 is 1.66 bits per heavy atom. The first-order valence-corrected chi connectivity index (χ1v) is 9.47. The van der Waals surface area contributed by atoms with E-state index in [2.05, 4.69) is 37.9 Å². The minimum atomic E-state index is -4.47. The Hall–Kier alpha value is -2.89. The molecule has 3 nitrogen and oxygen atoms in total. The van der Waals surface area contributed by atoms with E-state index in [1.54, 1.807) is 4.57 Å². The van der Waals surface area contributed by atoms with Crippen LogP contribution in [0.15, 0.2) is 47.3 Å². The summed E-state index contributed by atoms with van der Waals surface area (Å²) in [7, 11) is 0. The first kappa shape index (κ1) is 19.4. The summed E-state index contributed by atoms with van der Waals surface area (Å²) in [5.74, 6) is 0.446. The summed E-state index contributed by atoms with van der Waals surface area (Å²) in [6.07, 6.45) is -1.90. The van der Waals surface area contributed by atoms with Crippen LogP contribution >= 0.6 is 0 Å². The molecule has 6 heteroatoms. The van der Waals surface area contributed by atoms with Crippen LogP contribution in [0.4, 0.5) is 13.2 Å². The topological polar surface area (TPSA) is 34.9 Å². The van der Waals surface area contributed by atoms with Gasteiger partial charge in [0.05, 0.1) is 16.5 Å². The van der Waals surface area contributed by atoms with Crippen LogP contribution in [0.5, 0.6) is 0 Å². The lowest BCUT2D eigenvalue weighted by Gasteiger charge is -2.18. The third-order valence-corrected chi connectivity index (χ3v) is 5.29. The second-order valence-electron chi connectivity index (χ2n) is 8.41. The minimum absolute atomic E-state index is 0.0512. The van der Waals surface area contributed by atoms with Crippen molar-refractivity contribution in [1.29, 1.82) is 0 Å². The zero-order valence-electron chi connectivity index (χ0n) is 16.5. The monoisotopic (exact) mass is 398 g/mol. The highest BCUT2D eigenvalue weighted by Gasteiger charge is 2.31. The summed E-state index contributed by atoms with van der Waals surface area (Å²) in [6.45, 7) is 6.91. The number of alkyl halides is 3. The largest absolute Gasteiger partial charge is 0.416 e. The Bertz CT molecular complexity index is 1180. The van der Waals surface area contributed by atoms with Gasteiger partial charge in [-0.2, -0.15) is 13.2 Å². The molecule has 1 aliphatic heterocycles. The van der Waals surface area contributed by atoms with Gasteiger partial charge in [-0.25, -0.2) is 4.98 Å². The summed E-state index contributed by atoms with van der Waals surface area (Å²) < 4.78 is 40.7. The summed E-state index contributed by atoms with van der Waals surface area (Å²) >= 11 is 0. The fourth-order valence-electron chi connectivity index (χ4n) is 3.61. The van der Waals surface area contributed by atoms with E-state index >= 15 is 0 Å². The maximum atomic E-state index is 13.0. The highest BCUT2D eigenvalue weighted by molar-refractivity contribution is 5.85. The van der Waals surface area contributed by atoms with E-state index in [9.17, 15) is 18.0 Å². The molecule has 0 saturated carbocycles. The number of halogens is 3.